The summed E-state index contributed by atoms with van der Waals surface area (Å²) < 4.78 is 18.8. The van der Waals surface area contributed by atoms with Crippen LogP contribution >= 0.6 is 0 Å². The standard InChI is InChI=1S/C17H17FN2O2/c1-2-10-22-14-7-5-6-13(11-14)19-12-17(21)20-16-9-4-3-8-15(16)18/h2-9,11,19H,1,10,12H2,(H,20,21). The summed E-state index contributed by atoms with van der Waals surface area (Å²) in [5.74, 6) is -0.113. The van der Waals surface area contributed by atoms with Gasteiger partial charge in [0.25, 0.3) is 0 Å². The molecule has 5 heteroatoms. The molecule has 0 saturated heterocycles. The van der Waals surface area contributed by atoms with Crippen molar-refractivity contribution < 1.29 is 13.9 Å². The Kier molecular flexibility index (Phi) is 5.54. The van der Waals surface area contributed by atoms with Gasteiger partial charge in [-0.1, -0.05) is 30.9 Å². The van der Waals surface area contributed by atoms with Crippen LogP contribution in [0.3, 0.4) is 0 Å². The van der Waals surface area contributed by atoms with Crippen LogP contribution in [0.15, 0.2) is 61.2 Å². The van der Waals surface area contributed by atoms with E-state index in [1.165, 1.54) is 12.1 Å². The largest absolute Gasteiger partial charge is 0.489 e. The lowest BCUT2D eigenvalue weighted by Gasteiger charge is -2.10. The van der Waals surface area contributed by atoms with E-state index in [2.05, 4.69) is 17.2 Å². The molecule has 0 spiro atoms. The Labute approximate surface area is 128 Å². The summed E-state index contributed by atoms with van der Waals surface area (Å²) in [5.41, 5.74) is 0.905. The van der Waals surface area contributed by atoms with Gasteiger partial charge >= 0.3 is 0 Å². The first-order valence-corrected chi connectivity index (χ1v) is 6.81. The quantitative estimate of drug-likeness (QED) is 0.770. The van der Waals surface area contributed by atoms with E-state index in [1.54, 1.807) is 24.3 Å². The summed E-state index contributed by atoms with van der Waals surface area (Å²) in [7, 11) is 0. The molecule has 0 heterocycles. The predicted molar refractivity (Wildman–Crippen MR) is 85.7 cm³/mol. The van der Waals surface area contributed by atoms with Crippen molar-refractivity contribution in [3.05, 3.63) is 67.0 Å². The van der Waals surface area contributed by atoms with Crippen LogP contribution in [0, 0.1) is 5.82 Å². The summed E-state index contributed by atoms with van der Waals surface area (Å²) in [6.45, 7) is 4.02. The molecule has 0 radical (unpaired) electrons. The minimum absolute atomic E-state index is 0.0270. The van der Waals surface area contributed by atoms with E-state index in [1.807, 2.05) is 18.2 Å². The van der Waals surface area contributed by atoms with Gasteiger partial charge in [-0.15, -0.1) is 0 Å². The van der Waals surface area contributed by atoms with E-state index in [0.29, 0.717) is 12.4 Å². The monoisotopic (exact) mass is 300 g/mol. The number of hydrogen-bond acceptors (Lipinski definition) is 3. The highest BCUT2D eigenvalue weighted by atomic mass is 19.1. The number of amides is 1. The normalized spacial score (nSPS) is 9.86. The Morgan fingerprint density at radius 1 is 1.23 bits per heavy atom. The van der Waals surface area contributed by atoms with Crippen LogP contribution < -0.4 is 15.4 Å². The average Bonchev–Trinajstić information content (AvgIpc) is 2.53. The third kappa shape index (κ3) is 4.63. The van der Waals surface area contributed by atoms with E-state index in [9.17, 15) is 9.18 Å². The van der Waals surface area contributed by atoms with Crippen molar-refractivity contribution in [2.24, 2.45) is 0 Å². The number of carbonyl (C=O) groups excluding carboxylic acids is 1. The third-order valence-electron chi connectivity index (χ3n) is 2.80. The number of hydrogen-bond donors (Lipinski definition) is 2. The van der Waals surface area contributed by atoms with Gasteiger partial charge in [-0.05, 0) is 24.3 Å². The van der Waals surface area contributed by atoms with Gasteiger partial charge in [-0.3, -0.25) is 4.79 Å². The number of ether oxygens (including phenoxy) is 1. The molecule has 0 aliphatic rings. The van der Waals surface area contributed by atoms with Crippen molar-refractivity contribution >= 4 is 17.3 Å². The Balaban J connectivity index is 1.88. The molecule has 0 saturated carbocycles. The SMILES string of the molecule is C=CCOc1cccc(NCC(=O)Nc2ccccc2F)c1. The molecule has 4 nitrogen and oxygen atoms in total. The fourth-order valence-corrected chi connectivity index (χ4v) is 1.79. The molecule has 0 atom stereocenters. The molecule has 0 bridgehead atoms. The first-order valence-electron chi connectivity index (χ1n) is 6.81. The second kappa shape index (κ2) is 7.83. The average molecular weight is 300 g/mol. The fraction of sp³-hybridized carbons (Fsp3) is 0.118. The highest BCUT2D eigenvalue weighted by molar-refractivity contribution is 5.93. The highest BCUT2D eigenvalue weighted by Crippen LogP contribution is 2.17. The number of halogens is 1. The van der Waals surface area contributed by atoms with E-state index in [-0.39, 0.29) is 18.1 Å². The molecule has 22 heavy (non-hydrogen) atoms. The van der Waals surface area contributed by atoms with Crippen LogP contribution in [0.2, 0.25) is 0 Å². The first kappa shape index (κ1) is 15.6. The van der Waals surface area contributed by atoms with Crippen LogP contribution in [0.5, 0.6) is 5.75 Å². The van der Waals surface area contributed by atoms with Gasteiger partial charge in [0.1, 0.15) is 18.2 Å². The number of para-hydroxylation sites is 1. The number of carbonyl (C=O) groups is 1. The van der Waals surface area contributed by atoms with Crippen LogP contribution in [0.4, 0.5) is 15.8 Å². The molecule has 0 unspecified atom stereocenters. The molecule has 2 aromatic rings. The lowest BCUT2D eigenvalue weighted by molar-refractivity contribution is -0.114. The van der Waals surface area contributed by atoms with Gasteiger partial charge in [0, 0.05) is 11.8 Å². The molecule has 0 aliphatic heterocycles. The minimum atomic E-state index is -0.462. The maximum absolute atomic E-state index is 13.4. The molecular weight excluding hydrogens is 283 g/mol. The number of nitrogens with one attached hydrogen (secondary N) is 2. The van der Waals surface area contributed by atoms with Crippen molar-refractivity contribution in [2.45, 2.75) is 0 Å². The van der Waals surface area contributed by atoms with Crippen LogP contribution in [0.1, 0.15) is 0 Å². The van der Waals surface area contributed by atoms with E-state index in [0.717, 1.165) is 5.69 Å². The lowest BCUT2D eigenvalue weighted by Crippen LogP contribution is -2.22. The van der Waals surface area contributed by atoms with Gasteiger partial charge in [0.2, 0.25) is 5.91 Å². The second-order valence-electron chi connectivity index (χ2n) is 4.51. The number of anilines is 2. The summed E-state index contributed by atoms with van der Waals surface area (Å²) in [5, 5.41) is 5.47. The van der Waals surface area contributed by atoms with Gasteiger partial charge in [0.15, 0.2) is 0 Å². The van der Waals surface area contributed by atoms with Crippen LogP contribution in [-0.4, -0.2) is 19.1 Å². The molecule has 114 valence electrons. The van der Waals surface area contributed by atoms with Crippen molar-refractivity contribution in [1.29, 1.82) is 0 Å². The zero-order chi connectivity index (χ0) is 15.8. The topological polar surface area (TPSA) is 50.4 Å². The van der Waals surface area contributed by atoms with Crippen molar-refractivity contribution in [3.8, 4) is 5.75 Å². The maximum atomic E-state index is 13.4. The molecule has 2 N–H and O–H groups in total. The highest BCUT2D eigenvalue weighted by Gasteiger charge is 2.06. The Morgan fingerprint density at radius 2 is 2.05 bits per heavy atom. The van der Waals surface area contributed by atoms with E-state index in [4.69, 9.17) is 4.74 Å². The van der Waals surface area contributed by atoms with Gasteiger partial charge in [0.05, 0.1) is 12.2 Å². The zero-order valence-electron chi connectivity index (χ0n) is 12.0. The predicted octanol–water partition coefficient (Wildman–Crippen LogP) is 3.44. The summed E-state index contributed by atoms with van der Waals surface area (Å²) in [4.78, 5) is 11.8. The van der Waals surface area contributed by atoms with Crippen molar-refractivity contribution in [1.82, 2.24) is 0 Å². The summed E-state index contributed by atoms with van der Waals surface area (Å²) in [6.07, 6.45) is 1.65. The minimum Gasteiger partial charge on any atom is -0.489 e. The van der Waals surface area contributed by atoms with Crippen LogP contribution in [-0.2, 0) is 4.79 Å². The molecule has 1 amide bonds. The molecule has 0 aromatic heterocycles. The van der Waals surface area contributed by atoms with Gasteiger partial charge < -0.3 is 15.4 Å². The number of benzene rings is 2. The van der Waals surface area contributed by atoms with Crippen molar-refractivity contribution in [3.63, 3.8) is 0 Å². The van der Waals surface area contributed by atoms with Crippen molar-refractivity contribution in [2.75, 3.05) is 23.8 Å². The lowest BCUT2D eigenvalue weighted by atomic mass is 10.3. The van der Waals surface area contributed by atoms with Gasteiger partial charge in [-0.2, -0.15) is 0 Å². The molecule has 0 aliphatic carbocycles. The van der Waals surface area contributed by atoms with Gasteiger partial charge in [-0.25, -0.2) is 4.39 Å². The molecule has 2 rings (SSSR count). The van der Waals surface area contributed by atoms with Crippen LogP contribution in [0.25, 0.3) is 0 Å². The summed E-state index contributed by atoms with van der Waals surface area (Å²) in [6, 6.07) is 13.3. The second-order valence-corrected chi connectivity index (χ2v) is 4.51. The summed E-state index contributed by atoms with van der Waals surface area (Å²) >= 11 is 0. The fourth-order valence-electron chi connectivity index (χ4n) is 1.79. The first-order chi connectivity index (χ1) is 10.7. The Bertz CT molecular complexity index is 659. The zero-order valence-corrected chi connectivity index (χ0v) is 12.0. The molecule has 0 fully saturated rings. The Hall–Kier alpha value is -2.82. The van der Waals surface area contributed by atoms with E-state index < -0.39 is 5.82 Å². The Morgan fingerprint density at radius 3 is 2.82 bits per heavy atom. The molecule has 2 aromatic carbocycles. The maximum Gasteiger partial charge on any atom is 0.243 e. The molecular formula is C17H17FN2O2. The smallest absolute Gasteiger partial charge is 0.243 e. The number of rotatable bonds is 7. The third-order valence-corrected chi connectivity index (χ3v) is 2.80. The van der Waals surface area contributed by atoms with E-state index >= 15 is 0 Å².